The van der Waals surface area contributed by atoms with Gasteiger partial charge in [-0.05, 0) is 31.9 Å². The van der Waals surface area contributed by atoms with Crippen LogP contribution in [0.4, 0.5) is 0 Å². The third kappa shape index (κ3) is 1.18. The smallest absolute Gasteiger partial charge is 0.181 e. The Balaban J connectivity index is 2.69. The average molecular weight is 196 g/mol. The van der Waals surface area contributed by atoms with Crippen LogP contribution in [0.1, 0.15) is 18.1 Å². The van der Waals surface area contributed by atoms with E-state index in [1.54, 1.807) is 13.0 Å². The maximum absolute atomic E-state index is 11.7. The molecule has 0 saturated carbocycles. The Morgan fingerprint density at radius 2 is 2.08 bits per heavy atom. The first-order valence-corrected chi connectivity index (χ1v) is 5.90. The third-order valence-electron chi connectivity index (χ3n) is 2.56. The molecule has 1 atom stereocenters. The monoisotopic (exact) mass is 196 g/mol. The predicted molar refractivity (Wildman–Crippen MR) is 51.5 cm³/mol. The van der Waals surface area contributed by atoms with Gasteiger partial charge in [-0.25, -0.2) is 8.42 Å². The molecule has 1 aromatic carbocycles. The maximum atomic E-state index is 11.7. The number of hydrogen-bond donors (Lipinski definition) is 0. The molecule has 1 aromatic rings. The van der Waals surface area contributed by atoms with Gasteiger partial charge in [0, 0.05) is 0 Å². The number of fused-ring (bicyclic) bond motifs is 1. The van der Waals surface area contributed by atoms with Crippen molar-refractivity contribution in [3.8, 4) is 0 Å². The molecular formula is C10H12O2S. The molecule has 0 saturated heterocycles. The van der Waals surface area contributed by atoms with E-state index >= 15 is 0 Å². The van der Waals surface area contributed by atoms with Gasteiger partial charge in [0.05, 0.1) is 10.1 Å². The van der Waals surface area contributed by atoms with Crippen LogP contribution >= 0.6 is 0 Å². The second-order valence-corrected chi connectivity index (χ2v) is 6.01. The SMILES string of the molecule is Cc1ccc2c(c1)C[C@H](C)S2(=O)=O. The van der Waals surface area contributed by atoms with Crippen molar-refractivity contribution in [3.05, 3.63) is 29.3 Å². The first-order chi connectivity index (χ1) is 6.01. The maximum Gasteiger partial charge on any atom is 0.181 e. The third-order valence-corrected chi connectivity index (χ3v) is 4.80. The highest BCUT2D eigenvalue weighted by atomic mass is 32.2. The number of aryl methyl sites for hydroxylation is 1. The van der Waals surface area contributed by atoms with Gasteiger partial charge in [0.1, 0.15) is 0 Å². The van der Waals surface area contributed by atoms with E-state index in [1.807, 2.05) is 19.1 Å². The largest absolute Gasteiger partial charge is 0.223 e. The van der Waals surface area contributed by atoms with Crippen molar-refractivity contribution in [1.82, 2.24) is 0 Å². The highest BCUT2D eigenvalue weighted by molar-refractivity contribution is 7.92. The van der Waals surface area contributed by atoms with E-state index < -0.39 is 9.84 Å². The van der Waals surface area contributed by atoms with E-state index in [-0.39, 0.29) is 5.25 Å². The molecule has 70 valence electrons. The van der Waals surface area contributed by atoms with Crippen molar-refractivity contribution in [2.45, 2.75) is 30.4 Å². The fraction of sp³-hybridized carbons (Fsp3) is 0.400. The quantitative estimate of drug-likeness (QED) is 0.633. The van der Waals surface area contributed by atoms with Crippen LogP contribution in [0.15, 0.2) is 23.1 Å². The molecule has 1 heterocycles. The highest BCUT2D eigenvalue weighted by Crippen LogP contribution is 2.31. The summed E-state index contributed by atoms with van der Waals surface area (Å²) in [6.45, 7) is 3.75. The summed E-state index contributed by atoms with van der Waals surface area (Å²) in [6.07, 6.45) is 0.666. The number of rotatable bonds is 0. The van der Waals surface area contributed by atoms with Crippen molar-refractivity contribution in [2.75, 3.05) is 0 Å². The lowest BCUT2D eigenvalue weighted by Crippen LogP contribution is -2.11. The van der Waals surface area contributed by atoms with Crippen LogP contribution < -0.4 is 0 Å². The fourth-order valence-electron chi connectivity index (χ4n) is 1.78. The van der Waals surface area contributed by atoms with E-state index in [4.69, 9.17) is 0 Å². The van der Waals surface area contributed by atoms with Crippen molar-refractivity contribution in [2.24, 2.45) is 0 Å². The van der Waals surface area contributed by atoms with Gasteiger partial charge in [-0.2, -0.15) is 0 Å². The summed E-state index contributed by atoms with van der Waals surface area (Å²) < 4.78 is 23.4. The molecule has 2 rings (SSSR count). The normalized spacial score (nSPS) is 24.3. The second kappa shape index (κ2) is 2.58. The van der Waals surface area contributed by atoms with Crippen molar-refractivity contribution in [3.63, 3.8) is 0 Å². The van der Waals surface area contributed by atoms with E-state index in [0.29, 0.717) is 11.3 Å². The molecule has 0 N–H and O–H groups in total. The zero-order valence-electron chi connectivity index (χ0n) is 7.74. The van der Waals surface area contributed by atoms with Crippen molar-refractivity contribution in [1.29, 1.82) is 0 Å². The van der Waals surface area contributed by atoms with Gasteiger partial charge in [0.2, 0.25) is 0 Å². The molecular weight excluding hydrogens is 184 g/mol. The molecule has 0 bridgehead atoms. The average Bonchev–Trinajstić information content (AvgIpc) is 2.23. The van der Waals surface area contributed by atoms with Gasteiger partial charge >= 0.3 is 0 Å². The van der Waals surface area contributed by atoms with Crippen LogP contribution in [0.3, 0.4) is 0 Å². The lowest BCUT2D eigenvalue weighted by atomic mass is 10.1. The predicted octanol–water partition coefficient (Wildman–Crippen LogP) is 1.71. The van der Waals surface area contributed by atoms with Gasteiger partial charge in [-0.1, -0.05) is 17.7 Å². The molecule has 2 nitrogen and oxygen atoms in total. The molecule has 3 heteroatoms. The molecule has 0 aromatic heterocycles. The van der Waals surface area contributed by atoms with Gasteiger partial charge < -0.3 is 0 Å². The first kappa shape index (κ1) is 8.75. The Bertz CT molecular complexity index is 446. The lowest BCUT2D eigenvalue weighted by Gasteiger charge is -1.99. The van der Waals surface area contributed by atoms with Gasteiger partial charge in [0.25, 0.3) is 0 Å². The molecule has 1 aliphatic rings. The molecule has 0 fully saturated rings. The molecule has 0 radical (unpaired) electrons. The van der Waals surface area contributed by atoms with Crippen LogP contribution in [0.2, 0.25) is 0 Å². The van der Waals surface area contributed by atoms with E-state index in [2.05, 4.69) is 0 Å². The van der Waals surface area contributed by atoms with Crippen LogP contribution in [0, 0.1) is 6.92 Å². The van der Waals surface area contributed by atoms with Crippen molar-refractivity contribution >= 4 is 9.84 Å². The fourth-order valence-corrected chi connectivity index (χ4v) is 3.38. The summed E-state index contributed by atoms with van der Waals surface area (Å²) in [5.41, 5.74) is 2.11. The minimum atomic E-state index is -3.00. The van der Waals surface area contributed by atoms with E-state index in [9.17, 15) is 8.42 Å². The molecule has 13 heavy (non-hydrogen) atoms. The summed E-state index contributed by atoms with van der Waals surface area (Å²) in [7, 11) is -3.00. The summed E-state index contributed by atoms with van der Waals surface area (Å²) in [6, 6.07) is 5.55. The lowest BCUT2D eigenvalue weighted by molar-refractivity contribution is 0.590. The van der Waals surface area contributed by atoms with Gasteiger partial charge in [-0.15, -0.1) is 0 Å². The van der Waals surface area contributed by atoms with Gasteiger partial charge in [0.15, 0.2) is 9.84 Å². The molecule has 0 aliphatic carbocycles. The number of benzene rings is 1. The molecule has 0 spiro atoms. The zero-order valence-corrected chi connectivity index (χ0v) is 8.56. The van der Waals surface area contributed by atoms with Crippen LogP contribution in [0.25, 0.3) is 0 Å². The van der Waals surface area contributed by atoms with Crippen LogP contribution in [-0.4, -0.2) is 13.7 Å². The Kier molecular flexibility index (Phi) is 1.74. The summed E-state index contributed by atoms with van der Waals surface area (Å²) in [5.74, 6) is 0. The standard InChI is InChI=1S/C10H12O2S/c1-7-3-4-10-9(5-7)6-8(2)13(10,11)12/h3-5,8H,6H2,1-2H3/t8-/m0/s1. The Labute approximate surface area is 78.5 Å². The highest BCUT2D eigenvalue weighted by Gasteiger charge is 2.33. The molecule has 0 amide bonds. The van der Waals surface area contributed by atoms with Crippen LogP contribution in [0.5, 0.6) is 0 Å². The summed E-state index contributed by atoms with van der Waals surface area (Å²) in [4.78, 5) is 0.533. The second-order valence-electron chi connectivity index (χ2n) is 3.67. The minimum absolute atomic E-state index is 0.246. The minimum Gasteiger partial charge on any atom is -0.223 e. The van der Waals surface area contributed by atoms with E-state index in [1.165, 1.54) is 0 Å². The van der Waals surface area contributed by atoms with Crippen LogP contribution in [-0.2, 0) is 16.3 Å². The zero-order chi connectivity index (χ0) is 9.64. The Morgan fingerprint density at radius 1 is 1.38 bits per heavy atom. The van der Waals surface area contributed by atoms with E-state index in [0.717, 1.165) is 11.1 Å². The summed E-state index contributed by atoms with van der Waals surface area (Å²) in [5, 5.41) is -0.246. The first-order valence-electron chi connectivity index (χ1n) is 4.35. The molecule has 0 unspecified atom stereocenters. The molecule has 1 aliphatic heterocycles. The van der Waals surface area contributed by atoms with Gasteiger partial charge in [-0.3, -0.25) is 0 Å². The van der Waals surface area contributed by atoms with Crippen molar-refractivity contribution < 1.29 is 8.42 Å². The number of sulfone groups is 1. The number of hydrogen-bond acceptors (Lipinski definition) is 2. The topological polar surface area (TPSA) is 34.1 Å². The summed E-state index contributed by atoms with van der Waals surface area (Å²) >= 11 is 0. The Hall–Kier alpha value is -0.830. The Morgan fingerprint density at radius 3 is 2.77 bits per heavy atom.